The lowest BCUT2D eigenvalue weighted by molar-refractivity contribution is 0.233. The Morgan fingerprint density at radius 2 is 2.13 bits per heavy atom. The van der Waals surface area contributed by atoms with Gasteiger partial charge in [-0.05, 0) is 31.2 Å². The lowest BCUT2D eigenvalue weighted by atomic mass is 10.0. The van der Waals surface area contributed by atoms with Gasteiger partial charge in [-0.2, -0.15) is 0 Å². The van der Waals surface area contributed by atoms with Crippen molar-refractivity contribution in [1.82, 2.24) is 4.90 Å². The van der Waals surface area contributed by atoms with Crippen molar-refractivity contribution in [2.24, 2.45) is 17.1 Å². The molecule has 0 saturated heterocycles. The van der Waals surface area contributed by atoms with Gasteiger partial charge in [-0.15, -0.1) is 0 Å². The summed E-state index contributed by atoms with van der Waals surface area (Å²) in [5.74, 6) is 0.788. The fraction of sp³-hybridized carbons (Fsp3) is 0.917. The first kappa shape index (κ1) is 12.9. The Hall–Kier alpha value is -0.150. The van der Waals surface area contributed by atoms with Crippen molar-refractivity contribution in [3.63, 3.8) is 0 Å². The van der Waals surface area contributed by atoms with Crippen molar-refractivity contribution in [3.05, 3.63) is 0 Å². The topological polar surface area (TPSA) is 29.3 Å². The van der Waals surface area contributed by atoms with Crippen molar-refractivity contribution in [2.45, 2.75) is 39.5 Å². The highest BCUT2D eigenvalue weighted by Crippen LogP contribution is 2.49. The van der Waals surface area contributed by atoms with Crippen LogP contribution in [-0.2, 0) is 0 Å². The number of hydrogen-bond acceptors (Lipinski definition) is 2. The van der Waals surface area contributed by atoms with Crippen LogP contribution in [0.2, 0.25) is 0 Å². The molecular formula is C12H24N2S. The number of hydrogen-bond donors (Lipinski definition) is 1. The summed E-state index contributed by atoms with van der Waals surface area (Å²) in [5, 5.41) is 0. The fourth-order valence-corrected chi connectivity index (χ4v) is 2.54. The van der Waals surface area contributed by atoms with Crippen LogP contribution >= 0.6 is 12.2 Å². The predicted molar refractivity (Wildman–Crippen MR) is 70.0 cm³/mol. The molecule has 0 aromatic carbocycles. The van der Waals surface area contributed by atoms with Gasteiger partial charge in [-0.25, -0.2) is 0 Å². The van der Waals surface area contributed by atoms with E-state index < -0.39 is 0 Å². The second-order valence-electron chi connectivity index (χ2n) is 5.35. The summed E-state index contributed by atoms with van der Waals surface area (Å²) in [6, 6.07) is 0. The third-order valence-electron chi connectivity index (χ3n) is 3.43. The molecule has 1 aliphatic carbocycles. The summed E-state index contributed by atoms with van der Waals surface area (Å²) < 4.78 is 0. The van der Waals surface area contributed by atoms with Crippen LogP contribution in [-0.4, -0.2) is 30.0 Å². The molecule has 0 spiro atoms. The molecule has 15 heavy (non-hydrogen) atoms. The lowest BCUT2D eigenvalue weighted by Gasteiger charge is -2.25. The minimum atomic E-state index is 0.439. The lowest BCUT2D eigenvalue weighted by Crippen LogP contribution is -2.32. The van der Waals surface area contributed by atoms with Gasteiger partial charge in [0.05, 0.1) is 4.99 Å². The van der Waals surface area contributed by atoms with E-state index in [-0.39, 0.29) is 0 Å². The first-order valence-corrected chi connectivity index (χ1v) is 6.35. The summed E-state index contributed by atoms with van der Waals surface area (Å²) in [4.78, 5) is 3.13. The zero-order valence-electron chi connectivity index (χ0n) is 10.3. The van der Waals surface area contributed by atoms with Crippen LogP contribution in [0.5, 0.6) is 0 Å². The molecule has 1 aliphatic rings. The van der Waals surface area contributed by atoms with E-state index in [9.17, 15) is 0 Å². The molecule has 0 aliphatic heterocycles. The normalized spacial score (nSPS) is 20.3. The molecule has 1 atom stereocenters. The standard InChI is InChI=1S/C12H24N2S/c1-4-10(2)8-14(3)9-12(5-6-12)7-11(13)15/h10H,4-9H2,1-3H3,(H2,13,15). The Balaban J connectivity index is 2.31. The molecular weight excluding hydrogens is 204 g/mol. The molecule has 3 heteroatoms. The average Bonchev–Trinajstić information content (AvgIpc) is 2.82. The zero-order chi connectivity index (χ0) is 11.5. The Morgan fingerprint density at radius 1 is 1.53 bits per heavy atom. The van der Waals surface area contributed by atoms with Crippen LogP contribution in [0, 0.1) is 11.3 Å². The van der Waals surface area contributed by atoms with Crippen LogP contribution in [0.4, 0.5) is 0 Å². The zero-order valence-corrected chi connectivity index (χ0v) is 11.1. The van der Waals surface area contributed by atoms with Crippen molar-refractivity contribution < 1.29 is 0 Å². The van der Waals surface area contributed by atoms with E-state index in [2.05, 4.69) is 25.8 Å². The monoisotopic (exact) mass is 228 g/mol. The highest BCUT2D eigenvalue weighted by molar-refractivity contribution is 7.80. The molecule has 0 aromatic rings. The van der Waals surface area contributed by atoms with Gasteiger partial charge in [-0.1, -0.05) is 32.5 Å². The van der Waals surface area contributed by atoms with Crippen LogP contribution in [0.1, 0.15) is 39.5 Å². The first-order valence-electron chi connectivity index (χ1n) is 5.94. The van der Waals surface area contributed by atoms with Gasteiger partial charge in [0.25, 0.3) is 0 Å². The van der Waals surface area contributed by atoms with Crippen LogP contribution < -0.4 is 5.73 Å². The highest BCUT2D eigenvalue weighted by atomic mass is 32.1. The van der Waals surface area contributed by atoms with E-state index in [4.69, 9.17) is 18.0 Å². The van der Waals surface area contributed by atoms with E-state index >= 15 is 0 Å². The van der Waals surface area contributed by atoms with Gasteiger partial charge in [0, 0.05) is 19.5 Å². The van der Waals surface area contributed by atoms with E-state index in [1.165, 1.54) is 25.8 Å². The number of rotatable bonds is 7. The van der Waals surface area contributed by atoms with Gasteiger partial charge in [-0.3, -0.25) is 0 Å². The molecule has 0 heterocycles. The third kappa shape index (κ3) is 4.47. The minimum Gasteiger partial charge on any atom is -0.393 e. The van der Waals surface area contributed by atoms with Crippen molar-refractivity contribution in [1.29, 1.82) is 0 Å². The van der Waals surface area contributed by atoms with Crippen molar-refractivity contribution >= 4 is 17.2 Å². The molecule has 1 saturated carbocycles. The second kappa shape index (κ2) is 5.26. The minimum absolute atomic E-state index is 0.439. The molecule has 2 nitrogen and oxygen atoms in total. The van der Waals surface area contributed by atoms with Crippen molar-refractivity contribution in [2.75, 3.05) is 20.1 Å². The molecule has 88 valence electrons. The van der Waals surface area contributed by atoms with Gasteiger partial charge >= 0.3 is 0 Å². The van der Waals surface area contributed by atoms with Gasteiger partial charge < -0.3 is 10.6 Å². The van der Waals surface area contributed by atoms with E-state index in [1.54, 1.807) is 0 Å². The number of nitrogens with two attached hydrogens (primary N) is 1. The summed E-state index contributed by atoms with van der Waals surface area (Å²) in [5.41, 5.74) is 6.07. The smallest absolute Gasteiger partial charge is 0.0733 e. The number of thiocarbonyl (C=S) groups is 1. The Labute approximate surface area is 99.2 Å². The van der Waals surface area contributed by atoms with E-state index in [0.717, 1.165) is 18.9 Å². The molecule has 0 amide bonds. The van der Waals surface area contributed by atoms with Gasteiger partial charge in [0.2, 0.25) is 0 Å². The van der Waals surface area contributed by atoms with Crippen LogP contribution in [0.3, 0.4) is 0 Å². The largest absolute Gasteiger partial charge is 0.393 e. The predicted octanol–water partition coefficient (Wildman–Crippen LogP) is 2.42. The third-order valence-corrected chi connectivity index (χ3v) is 3.58. The Bertz CT molecular complexity index is 224. The van der Waals surface area contributed by atoms with Crippen molar-refractivity contribution in [3.8, 4) is 0 Å². The molecule has 2 N–H and O–H groups in total. The summed E-state index contributed by atoms with van der Waals surface area (Å²) in [6.45, 7) is 6.91. The molecule has 0 bridgehead atoms. The quantitative estimate of drug-likeness (QED) is 0.679. The molecule has 0 radical (unpaired) electrons. The maximum atomic E-state index is 5.63. The second-order valence-corrected chi connectivity index (χ2v) is 5.88. The average molecular weight is 228 g/mol. The highest BCUT2D eigenvalue weighted by Gasteiger charge is 2.43. The SMILES string of the molecule is CCC(C)CN(C)CC1(CC(N)=S)CC1. The van der Waals surface area contributed by atoms with E-state index in [1.807, 2.05) is 0 Å². The summed E-state index contributed by atoms with van der Waals surface area (Å²) in [6.07, 6.45) is 4.80. The Kier molecular flexibility index (Phi) is 4.53. The van der Waals surface area contributed by atoms with Crippen LogP contribution in [0.15, 0.2) is 0 Å². The molecule has 1 rings (SSSR count). The maximum absolute atomic E-state index is 5.63. The summed E-state index contributed by atoms with van der Waals surface area (Å²) in [7, 11) is 2.21. The van der Waals surface area contributed by atoms with Crippen LogP contribution in [0.25, 0.3) is 0 Å². The maximum Gasteiger partial charge on any atom is 0.0733 e. The van der Waals surface area contributed by atoms with Gasteiger partial charge in [0.15, 0.2) is 0 Å². The molecule has 1 unspecified atom stereocenters. The molecule has 1 fully saturated rings. The van der Waals surface area contributed by atoms with Gasteiger partial charge in [0.1, 0.15) is 0 Å². The first-order chi connectivity index (χ1) is 6.97. The Morgan fingerprint density at radius 3 is 2.53 bits per heavy atom. The fourth-order valence-electron chi connectivity index (χ4n) is 2.24. The molecule has 0 aromatic heterocycles. The van der Waals surface area contributed by atoms with E-state index in [0.29, 0.717) is 10.4 Å². The summed E-state index contributed by atoms with van der Waals surface area (Å²) >= 11 is 5.01. The number of nitrogens with zero attached hydrogens (tertiary/aromatic N) is 1.